The van der Waals surface area contributed by atoms with Crippen molar-refractivity contribution in [3.8, 4) is 0 Å². The normalized spacial score (nSPS) is 18.4. The molecule has 1 nitrogen and oxygen atoms in total. The number of carbonyl (C=O) groups excluding carboxylic acids is 1. The molecule has 1 unspecified atom stereocenters. The van der Waals surface area contributed by atoms with Crippen LogP contribution in [0.5, 0.6) is 0 Å². The number of ketones is 1. The van der Waals surface area contributed by atoms with Crippen molar-refractivity contribution in [1.29, 1.82) is 0 Å². The average Bonchev–Trinajstić information content (AvgIpc) is 3.01. The van der Waals surface area contributed by atoms with Gasteiger partial charge in [0.15, 0.2) is 5.78 Å². The SMILES string of the molecule is O=C1C2=C(SC(c3ccccc3)=CC2c2ccccc2)c2ccccc21. The van der Waals surface area contributed by atoms with E-state index in [0.29, 0.717) is 0 Å². The third kappa shape index (κ3) is 2.38. The van der Waals surface area contributed by atoms with Crippen LogP contribution >= 0.6 is 11.8 Å². The van der Waals surface area contributed by atoms with Crippen molar-refractivity contribution in [3.05, 3.63) is 119 Å². The first-order valence-corrected chi connectivity index (χ1v) is 9.53. The van der Waals surface area contributed by atoms with E-state index in [-0.39, 0.29) is 11.7 Å². The van der Waals surface area contributed by atoms with E-state index in [0.717, 1.165) is 27.2 Å². The summed E-state index contributed by atoms with van der Waals surface area (Å²) >= 11 is 1.72. The van der Waals surface area contributed by atoms with Crippen molar-refractivity contribution >= 4 is 27.4 Å². The predicted octanol–water partition coefficient (Wildman–Crippen LogP) is 6.17. The molecule has 0 bridgehead atoms. The molecule has 2 aliphatic rings. The Morgan fingerprint density at radius 1 is 0.692 bits per heavy atom. The minimum Gasteiger partial charge on any atom is -0.289 e. The number of hydrogen-bond donors (Lipinski definition) is 0. The van der Waals surface area contributed by atoms with Crippen LogP contribution in [-0.2, 0) is 0 Å². The van der Waals surface area contributed by atoms with Gasteiger partial charge in [-0.1, -0.05) is 103 Å². The Hall–Kier alpha value is -2.84. The Morgan fingerprint density at radius 2 is 1.31 bits per heavy atom. The summed E-state index contributed by atoms with van der Waals surface area (Å²) in [6, 6.07) is 28.7. The highest BCUT2D eigenvalue weighted by Gasteiger charge is 2.37. The van der Waals surface area contributed by atoms with Crippen LogP contribution in [0.1, 0.15) is 33.0 Å². The maximum atomic E-state index is 13.2. The van der Waals surface area contributed by atoms with Crippen LogP contribution in [-0.4, -0.2) is 5.78 Å². The molecule has 1 atom stereocenters. The lowest BCUT2D eigenvalue weighted by atomic mass is 9.88. The lowest BCUT2D eigenvalue weighted by Crippen LogP contribution is -2.10. The van der Waals surface area contributed by atoms with E-state index in [1.165, 1.54) is 10.5 Å². The molecule has 0 saturated carbocycles. The maximum Gasteiger partial charge on any atom is 0.191 e. The highest BCUT2D eigenvalue weighted by Crippen LogP contribution is 2.54. The number of fused-ring (bicyclic) bond motifs is 2. The molecule has 1 heterocycles. The van der Waals surface area contributed by atoms with E-state index in [4.69, 9.17) is 0 Å². The van der Waals surface area contributed by atoms with E-state index >= 15 is 0 Å². The number of hydrogen-bond acceptors (Lipinski definition) is 2. The fourth-order valence-corrected chi connectivity index (χ4v) is 5.02. The second kappa shape index (κ2) is 6.15. The second-order valence-corrected chi connectivity index (χ2v) is 7.56. The van der Waals surface area contributed by atoms with Gasteiger partial charge in [-0.3, -0.25) is 4.79 Å². The van der Waals surface area contributed by atoms with Gasteiger partial charge in [-0.15, -0.1) is 0 Å². The lowest BCUT2D eigenvalue weighted by Gasteiger charge is -2.23. The van der Waals surface area contributed by atoms with E-state index in [2.05, 4.69) is 48.5 Å². The minimum absolute atomic E-state index is 0.0115. The summed E-state index contributed by atoms with van der Waals surface area (Å²) in [5, 5.41) is 0. The smallest absolute Gasteiger partial charge is 0.191 e. The standard InChI is InChI=1S/C24H16OS/c25-23-18-13-7-8-14-19(18)24-22(23)20(16-9-3-1-4-10-16)15-21(26-24)17-11-5-2-6-12-17/h1-15,20H. The summed E-state index contributed by atoms with van der Waals surface area (Å²) in [5.74, 6) is 0.155. The molecular formula is C24H16OS. The molecule has 124 valence electrons. The van der Waals surface area contributed by atoms with Crippen LogP contribution in [0.25, 0.3) is 9.81 Å². The zero-order valence-corrected chi connectivity index (χ0v) is 14.9. The summed E-state index contributed by atoms with van der Waals surface area (Å²) in [6.07, 6.45) is 2.25. The quantitative estimate of drug-likeness (QED) is 0.549. The van der Waals surface area contributed by atoms with E-state index < -0.39 is 0 Å². The van der Waals surface area contributed by atoms with Crippen LogP contribution in [0.15, 0.2) is 96.6 Å². The molecule has 5 rings (SSSR count). The molecule has 0 saturated heterocycles. The Morgan fingerprint density at radius 3 is 2.04 bits per heavy atom. The minimum atomic E-state index is -0.0115. The van der Waals surface area contributed by atoms with Crippen molar-refractivity contribution in [2.45, 2.75) is 5.92 Å². The fraction of sp³-hybridized carbons (Fsp3) is 0.0417. The summed E-state index contributed by atoms with van der Waals surface area (Å²) in [6.45, 7) is 0. The summed E-state index contributed by atoms with van der Waals surface area (Å²) < 4.78 is 0. The Kier molecular flexibility index (Phi) is 3.65. The van der Waals surface area contributed by atoms with Gasteiger partial charge in [-0.25, -0.2) is 0 Å². The number of rotatable bonds is 2. The monoisotopic (exact) mass is 352 g/mol. The molecule has 3 aromatic carbocycles. The molecular weight excluding hydrogens is 336 g/mol. The third-order valence-electron chi connectivity index (χ3n) is 4.96. The third-order valence-corrected chi connectivity index (χ3v) is 6.20. The van der Waals surface area contributed by atoms with Gasteiger partial charge in [0.2, 0.25) is 0 Å². The summed E-state index contributed by atoms with van der Waals surface area (Å²) in [7, 11) is 0. The van der Waals surface area contributed by atoms with Crippen LogP contribution in [0.2, 0.25) is 0 Å². The largest absolute Gasteiger partial charge is 0.289 e. The number of carbonyl (C=O) groups is 1. The highest BCUT2D eigenvalue weighted by atomic mass is 32.2. The first kappa shape index (κ1) is 15.4. The van der Waals surface area contributed by atoms with Crippen LogP contribution < -0.4 is 0 Å². The number of allylic oxidation sites excluding steroid dienone is 2. The van der Waals surface area contributed by atoms with Gasteiger partial charge in [0.25, 0.3) is 0 Å². The molecule has 0 fully saturated rings. The Bertz CT molecular complexity index is 1060. The van der Waals surface area contributed by atoms with Gasteiger partial charge in [-0.05, 0) is 16.7 Å². The van der Waals surface area contributed by atoms with Crippen LogP contribution in [0.3, 0.4) is 0 Å². The Labute approximate surface area is 157 Å². The molecule has 3 aromatic rings. The predicted molar refractivity (Wildman–Crippen MR) is 109 cm³/mol. The van der Waals surface area contributed by atoms with Crippen molar-refractivity contribution in [3.63, 3.8) is 0 Å². The van der Waals surface area contributed by atoms with E-state index in [1.807, 2.05) is 42.5 Å². The highest BCUT2D eigenvalue weighted by molar-refractivity contribution is 8.16. The molecule has 0 N–H and O–H groups in total. The molecule has 0 aromatic heterocycles. The average molecular weight is 352 g/mol. The first-order valence-electron chi connectivity index (χ1n) is 8.71. The van der Waals surface area contributed by atoms with E-state index in [1.54, 1.807) is 11.8 Å². The van der Waals surface area contributed by atoms with Gasteiger partial charge < -0.3 is 0 Å². The van der Waals surface area contributed by atoms with Crippen molar-refractivity contribution in [1.82, 2.24) is 0 Å². The molecule has 2 heteroatoms. The second-order valence-electron chi connectivity index (χ2n) is 6.50. The zero-order valence-electron chi connectivity index (χ0n) is 14.1. The van der Waals surface area contributed by atoms with Crippen LogP contribution in [0, 0.1) is 0 Å². The van der Waals surface area contributed by atoms with Gasteiger partial charge >= 0.3 is 0 Å². The molecule has 1 aliphatic carbocycles. The number of thioether (sulfide) groups is 1. The molecule has 1 aliphatic heterocycles. The summed E-state index contributed by atoms with van der Waals surface area (Å²) in [4.78, 5) is 15.5. The zero-order chi connectivity index (χ0) is 17.5. The topological polar surface area (TPSA) is 17.1 Å². The Balaban J connectivity index is 1.71. The summed E-state index contributed by atoms with van der Waals surface area (Å²) in [5.41, 5.74) is 5.17. The maximum absolute atomic E-state index is 13.2. The first-order chi connectivity index (χ1) is 12.8. The van der Waals surface area contributed by atoms with Crippen molar-refractivity contribution in [2.75, 3.05) is 0 Å². The number of benzene rings is 3. The van der Waals surface area contributed by atoms with Gasteiger partial charge in [0.05, 0.1) is 0 Å². The molecule has 0 amide bonds. The van der Waals surface area contributed by atoms with E-state index in [9.17, 15) is 4.79 Å². The van der Waals surface area contributed by atoms with Crippen molar-refractivity contribution < 1.29 is 4.79 Å². The molecule has 0 spiro atoms. The van der Waals surface area contributed by atoms with Gasteiger partial charge in [-0.2, -0.15) is 0 Å². The lowest BCUT2D eigenvalue weighted by molar-refractivity contribution is 0.103. The van der Waals surface area contributed by atoms with Gasteiger partial charge in [0, 0.05) is 26.9 Å². The molecule has 26 heavy (non-hydrogen) atoms. The van der Waals surface area contributed by atoms with Crippen molar-refractivity contribution in [2.24, 2.45) is 0 Å². The van der Waals surface area contributed by atoms with Crippen LogP contribution in [0.4, 0.5) is 0 Å². The molecule has 0 radical (unpaired) electrons. The fourth-order valence-electron chi connectivity index (χ4n) is 3.72. The van der Waals surface area contributed by atoms with Gasteiger partial charge in [0.1, 0.15) is 0 Å². The number of Topliss-reactive ketones (excluding diaryl/α,β-unsaturated/α-hetero) is 1.